The van der Waals surface area contributed by atoms with Gasteiger partial charge in [-0.05, 0) is 18.6 Å². The number of aliphatic carboxylic acids is 1. The highest BCUT2D eigenvalue weighted by Crippen LogP contribution is 2.14. The number of hydrogen-bond donors (Lipinski definition) is 2. The van der Waals surface area contributed by atoms with Crippen LogP contribution in [0, 0.1) is 0 Å². The summed E-state index contributed by atoms with van der Waals surface area (Å²) >= 11 is 0.983. The molecule has 0 aromatic carbocycles. The molecule has 0 aliphatic heterocycles. The molecule has 6 nitrogen and oxygen atoms in total. The Hall–Kier alpha value is -1.76. The van der Waals surface area contributed by atoms with Crippen molar-refractivity contribution in [2.75, 3.05) is 5.75 Å². The van der Waals surface area contributed by atoms with Gasteiger partial charge >= 0.3 is 5.97 Å². The molecule has 0 spiro atoms. The number of carbonyl (C=O) groups excluding carboxylic acids is 2. The van der Waals surface area contributed by atoms with Crippen molar-refractivity contribution in [1.29, 1.82) is 0 Å². The number of carboxylic acids is 1. The molecule has 7 heteroatoms. The van der Waals surface area contributed by atoms with Gasteiger partial charge in [0.15, 0.2) is 5.76 Å². The first-order valence-electron chi connectivity index (χ1n) is 5.26. The molecule has 0 saturated carbocycles. The van der Waals surface area contributed by atoms with Crippen LogP contribution in [0.5, 0.6) is 0 Å². The Bertz CT molecular complexity index is 429. The molecule has 1 rings (SSSR count). The molecule has 18 heavy (non-hydrogen) atoms. The number of carboxylic acid groups (broad SMARTS) is 1. The molecule has 0 bridgehead atoms. The van der Waals surface area contributed by atoms with E-state index in [1.165, 1.54) is 18.4 Å². The standard InChI is InChI=1S/C11H13NO5S/c1-2-8(11(15)16)18-6-9(13)12-10(14)7-4-3-5-17-7/h3-5,8H,2,6H2,1H3,(H,15,16)(H,12,13,14). The van der Waals surface area contributed by atoms with Gasteiger partial charge in [-0.15, -0.1) is 11.8 Å². The van der Waals surface area contributed by atoms with E-state index >= 15 is 0 Å². The van der Waals surface area contributed by atoms with Crippen molar-refractivity contribution in [3.05, 3.63) is 24.2 Å². The highest BCUT2D eigenvalue weighted by atomic mass is 32.2. The minimum absolute atomic E-state index is 0.0404. The van der Waals surface area contributed by atoms with Gasteiger partial charge in [0.05, 0.1) is 12.0 Å². The lowest BCUT2D eigenvalue weighted by molar-refractivity contribution is -0.136. The number of thioether (sulfide) groups is 1. The van der Waals surface area contributed by atoms with Crippen LogP contribution in [0.15, 0.2) is 22.8 Å². The molecule has 98 valence electrons. The van der Waals surface area contributed by atoms with E-state index in [2.05, 4.69) is 5.32 Å². The van der Waals surface area contributed by atoms with Crippen LogP contribution >= 0.6 is 11.8 Å². The minimum Gasteiger partial charge on any atom is -0.480 e. The lowest BCUT2D eigenvalue weighted by Crippen LogP contribution is -2.32. The molecule has 0 aliphatic carbocycles. The van der Waals surface area contributed by atoms with E-state index in [1.54, 1.807) is 6.92 Å². The highest BCUT2D eigenvalue weighted by Gasteiger charge is 2.18. The van der Waals surface area contributed by atoms with Crippen LogP contribution in [0.4, 0.5) is 0 Å². The molecule has 0 saturated heterocycles. The average Bonchev–Trinajstić information content (AvgIpc) is 2.82. The lowest BCUT2D eigenvalue weighted by atomic mass is 10.3. The van der Waals surface area contributed by atoms with Crippen LogP contribution in [-0.2, 0) is 9.59 Å². The largest absolute Gasteiger partial charge is 0.480 e. The predicted octanol–water partition coefficient (Wildman–Crippen LogP) is 1.13. The molecule has 1 aromatic rings. The monoisotopic (exact) mass is 271 g/mol. The summed E-state index contributed by atoms with van der Waals surface area (Å²) in [4.78, 5) is 33.5. The molecule has 0 fully saturated rings. The lowest BCUT2D eigenvalue weighted by Gasteiger charge is -2.08. The van der Waals surface area contributed by atoms with E-state index < -0.39 is 23.0 Å². The fraction of sp³-hybridized carbons (Fsp3) is 0.364. The number of hydrogen-bond acceptors (Lipinski definition) is 5. The second-order valence-corrected chi connectivity index (χ2v) is 4.59. The summed E-state index contributed by atoms with van der Waals surface area (Å²) in [6.45, 7) is 1.72. The first-order valence-corrected chi connectivity index (χ1v) is 6.31. The van der Waals surface area contributed by atoms with Crippen molar-refractivity contribution >= 4 is 29.5 Å². The van der Waals surface area contributed by atoms with Gasteiger partial charge in [-0.25, -0.2) is 0 Å². The Morgan fingerprint density at radius 2 is 2.22 bits per heavy atom. The van der Waals surface area contributed by atoms with Crippen molar-refractivity contribution in [2.45, 2.75) is 18.6 Å². The third-order valence-electron chi connectivity index (χ3n) is 2.06. The highest BCUT2D eigenvalue weighted by molar-refractivity contribution is 8.01. The number of imide groups is 1. The van der Waals surface area contributed by atoms with Gasteiger partial charge in [0.25, 0.3) is 5.91 Å². The SMILES string of the molecule is CCC(SCC(=O)NC(=O)c1ccco1)C(=O)O. The fourth-order valence-corrected chi connectivity index (χ4v) is 1.98. The van der Waals surface area contributed by atoms with E-state index in [4.69, 9.17) is 9.52 Å². The summed E-state index contributed by atoms with van der Waals surface area (Å²) in [5.41, 5.74) is 0. The van der Waals surface area contributed by atoms with E-state index in [0.29, 0.717) is 6.42 Å². The molecule has 1 heterocycles. The number of carbonyl (C=O) groups is 3. The normalized spacial score (nSPS) is 11.8. The maximum absolute atomic E-state index is 11.4. The van der Waals surface area contributed by atoms with Crippen LogP contribution < -0.4 is 5.32 Å². The predicted molar refractivity (Wildman–Crippen MR) is 65.4 cm³/mol. The smallest absolute Gasteiger partial charge is 0.316 e. The molecule has 2 N–H and O–H groups in total. The zero-order valence-electron chi connectivity index (χ0n) is 9.71. The number of amides is 2. The number of furan rings is 1. The first kappa shape index (κ1) is 14.3. The minimum atomic E-state index is -0.965. The molecular weight excluding hydrogens is 258 g/mol. The van der Waals surface area contributed by atoms with E-state index in [9.17, 15) is 14.4 Å². The first-order chi connectivity index (χ1) is 8.54. The van der Waals surface area contributed by atoms with Gasteiger partial charge in [-0.2, -0.15) is 0 Å². The summed E-state index contributed by atoms with van der Waals surface area (Å²) in [7, 11) is 0. The Morgan fingerprint density at radius 1 is 1.50 bits per heavy atom. The zero-order valence-corrected chi connectivity index (χ0v) is 10.5. The van der Waals surface area contributed by atoms with Crippen LogP contribution in [0.2, 0.25) is 0 Å². The third kappa shape index (κ3) is 4.25. The van der Waals surface area contributed by atoms with Crippen molar-refractivity contribution in [2.24, 2.45) is 0 Å². The molecule has 1 aromatic heterocycles. The fourth-order valence-electron chi connectivity index (χ4n) is 1.17. The van der Waals surface area contributed by atoms with Gasteiger partial charge in [-0.3, -0.25) is 19.7 Å². The van der Waals surface area contributed by atoms with Crippen molar-refractivity contribution in [1.82, 2.24) is 5.32 Å². The quantitative estimate of drug-likeness (QED) is 0.805. The Morgan fingerprint density at radius 3 is 2.72 bits per heavy atom. The second kappa shape index (κ2) is 6.85. The summed E-state index contributed by atoms with van der Waals surface area (Å²) in [5, 5.41) is 10.3. The summed E-state index contributed by atoms with van der Waals surface area (Å²) in [6.07, 6.45) is 1.74. The molecule has 1 atom stereocenters. The van der Waals surface area contributed by atoms with E-state index in [0.717, 1.165) is 11.8 Å². The average molecular weight is 271 g/mol. The second-order valence-electron chi connectivity index (χ2n) is 3.40. The maximum atomic E-state index is 11.4. The van der Waals surface area contributed by atoms with E-state index in [-0.39, 0.29) is 11.5 Å². The van der Waals surface area contributed by atoms with Crippen molar-refractivity contribution in [3.8, 4) is 0 Å². The maximum Gasteiger partial charge on any atom is 0.316 e. The van der Waals surface area contributed by atoms with Crippen LogP contribution in [0.25, 0.3) is 0 Å². The summed E-state index contributed by atoms with van der Waals surface area (Å²) < 4.78 is 4.82. The van der Waals surface area contributed by atoms with Crippen LogP contribution in [0.3, 0.4) is 0 Å². The molecular formula is C11H13NO5S. The molecule has 0 aliphatic rings. The summed E-state index contributed by atoms with van der Waals surface area (Å²) in [6, 6.07) is 2.97. The number of nitrogens with one attached hydrogen (secondary N) is 1. The van der Waals surface area contributed by atoms with Gasteiger partial charge in [-0.1, -0.05) is 6.92 Å². The Labute approximate surface area is 108 Å². The van der Waals surface area contributed by atoms with Crippen LogP contribution in [0.1, 0.15) is 23.9 Å². The van der Waals surface area contributed by atoms with Crippen molar-refractivity contribution in [3.63, 3.8) is 0 Å². The third-order valence-corrected chi connectivity index (χ3v) is 3.43. The van der Waals surface area contributed by atoms with Gasteiger partial charge < -0.3 is 9.52 Å². The van der Waals surface area contributed by atoms with Crippen molar-refractivity contribution < 1.29 is 23.9 Å². The molecule has 2 amide bonds. The Kier molecular flexibility index (Phi) is 5.44. The molecule has 0 radical (unpaired) electrons. The molecule has 1 unspecified atom stereocenters. The zero-order chi connectivity index (χ0) is 13.5. The van der Waals surface area contributed by atoms with Crippen LogP contribution in [-0.4, -0.2) is 33.9 Å². The number of rotatable bonds is 6. The van der Waals surface area contributed by atoms with Gasteiger partial charge in [0.1, 0.15) is 5.25 Å². The summed E-state index contributed by atoms with van der Waals surface area (Å²) in [5.74, 6) is -2.18. The van der Waals surface area contributed by atoms with Gasteiger partial charge in [0.2, 0.25) is 5.91 Å². The Balaban J connectivity index is 2.38. The topological polar surface area (TPSA) is 96.6 Å². The van der Waals surface area contributed by atoms with Gasteiger partial charge in [0, 0.05) is 0 Å². The van der Waals surface area contributed by atoms with E-state index in [1.807, 2.05) is 0 Å².